The van der Waals surface area contributed by atoms with E-state index in [9.17, 15) is 9.59 Å². The Balaban J connectivity index is 1.36. The van der Waals surface area contributed by atoms with Gasteiger partial charge in [0.2, 0.25) is 0 Å². The number of ether oxygens (including phenoxy) is 1. The smallest absolute Gasteiger partial charge is 0.269 e. The standard InChI is InChI=1S/C24H22N4O3/c1-31-19-10-7-18(8-11-19)21-13-14-23(29)28(27-21)16-4-15-25-24(30)22-12-9-17-5-2-3-6-20(17)26-22/h2-3,5-14H,4,15-16H2,1H3,(H,25,30). The van der Waals surface area contributed by atoms with Gasteiger partial charge in [-0.3, -0.25) is 9.59 Å². The van der Waals surface area contributed by atoms with E-state index in [1.54, 1.807) is 19.2 Å². The minimum atomic E-state index is -0.238. The summed E-state index contributed by atoms with van der Waals surface area (Å²) in [6.45, 7) is 0.808. The fraction of sp³-hybridized carbons (Fsp3) is 0.167. The molecule has 0 aliphatic carbocycles. The molecule has 0 bridgehead atoms. The van der Waals surface area contributed by atoms with Crippen molar-refractivity contribution in [3.8, 4) is 17.0 Å². The summed E-state index contributed by atoms with van der Waals surface area (Å²) in [6, 6.07) is 21.9. The van der Waals surface area contributed by atoms with Gasteiger partial charge in [-0.05, 0) is 48.9 Å². The van der Waals surface area contributed by atoms with Gasteiger partial charge in [0.25, 0.3) is 11.5 Å². The molecule has 2 aromatic carbocycles. The van der Waals surface area contributed by atoms with Crippen LogP contribution in [-0.4, -0.2) is 34.3 Å². The van der Waals surface area contributed by atoms with Gasteiger partial charge in [0.15, 0.2) is 0 Å². The first kappa shape index (κ1) is 20.3. The van der Waals surface area contributed by atoms with Crippen LogP contribution in [0.4, 0.5) is 0 Å². The van der Waals surface area contributed by atoms with Crippen molar-refractivity contribution in [2.45, 2.75) is 13.0 Å². The number of aryl methyl sites for hydroxylation is 1. The minimum Gasteiger partial charge on any atom is -0.497 e. The number of para-hydroxylation sites is 1. The number of nitrogens with one attached hydrogen (secondary N) is 1. The fourth-order valence-corrected chi connectivity index (χ4v) is 3.24. The van der Waals surface area contributed by atoms with Crippen molar-refractivity contribution < 1.29 is 9.53 Å². The van der Waals surface area contributed by atoms with Crippen LogP contribution in [0.1, 0.15) is 16.9 Å². The second kappa shape index (κ2) is 9.21. The van der Waals surface area contributed by atoms with Crippen LogP contribution in [0.15, 0.2) is 77.6 Å². The van der Waals surface area contributed by atoms with Crippen LogP contribution in [0.25, 0.3) is 22.2 Å². The summed E-state index contributed by atoms with van der Waals surface area (Å²) in [5.74, 6) is 0.520. The van der Waals surface area contributed by atoms with Gasteiger partial charge in [-0.25, -0.2) is 9.67 Å². The third-order valence-electron chi connectivity index (χ3n) is 4.92. The van der Waals surface area contributed by atoms with Gasteiger partial charge in [0.05, 0.1) is 18.3 Å². The summed E-state index contributed by atoms with van der Waals surface area (Å²) in [5, 5.41) is 8.29. The SMILES string of the molecule is COc1ccc(-c2ccc(=O)n(CCCNC(=O)c3ccc4ccccc4n3)n2)cc1. The molecule has 156 valence electrons. The van der Waals surface area contributed by atoms with Crippen molar-refractivity contribution in [1.29, 1.82) is 0 Å². The third kappa shape index (κ3) is 4.78. The van der Waals surface area contributed by atoms with Gasteiger partial charge in [0.1, 0.15) is 11.4 Å². The zero-order valence-electron chi connectivity index (χ0n) is 17.1. The van der Waals surface area contributed by atoms with E-state index in [1.807, 2.05) is 54.6 Å². The molecule has 4 rings (SSSR count). The molecule has 0 fully saturated rings. The van der Waals surface area contributed by atoms with Crippen LogP contribution in [0.5, 0.6) is 5.75 Å². The number of aromatic nitrogens is 3. The number of carbonyl (C=O) groups is 1. The zero-order valence-corrected chi connectivity index (χ0v) is 17.1. The molecule has 0 saturated heterocycles. The van der Waals surface area contributed by atoms with Crippen LogP contribution in [0, 0.1) is 0 Å². The number of fused-ring (bicyclic) bond motifs is 1. The highest BCUT2D eigenvalue weighted by atomic mass is 16.5. The highest BCUT2D eigenvalue weighted by Crippen LogP contribution is 2.19. The molecule has 0 unspecified atom stereocenters. The molecule has 2 heterocycles. The normalized spacial score (nSPS) is 10.7. The third-order valence-corrected chi connectivity index (χ3v) is 4.92. The minimum absolute atomic E-state index is 0.181. The first-order chi connectivity index (χ1) is 15.1. The predicted molar refractivity (Wildman–Crippen MR) is 119 cm³/mol. The molecule has 4 aromatic rings. The molecule has 31 heavy (non-hydrogen) atoms. The molecule has 1 amide bonds. The predicted octanol–water partition coefficient (Wildman–Crippen LogP) is 3.29. The number of pyridine rings is 1. The number of benzene rings is 2. The zero-order chi connectivity index (χ0) is 21.6. The quantitative estimate of drug-likeness (QED) is 0.469. The number of hydrogen-bond acceptors (Lipinski definition) is 5. The molecule has 7 heteroatoms. The number of methoxy groups -OCH3 is 1. The molecule has 0 aliphatic rings. The van der Waals surface area contributed by atoms with Crippen LogP contribution in [0.2, 0.25) is 0 Å². The van der Waals surface area contributed by atoms with Gasteiger partial charge >= 0.3 is 0 Å². The molecule has 2 aromatic heterocycles. The maximum atomic E-state index is 12.4. The molecule has 0 spiro atoms. The molecule has 7 nitrogen and oxygen atoms in total. The van der Waals surface area contributed by atoms with Crippen molar-refractivity contribution in [3.63, 3.8) is 0 Å². The highest BCUT2D eigenvalue weighted by Gasteiger charge is 2.08. The van der Waals surface area contributed by atoms with Gasteiger partial charge in [-0.2, -0.15) is 5.10 Å². The van der Waals surface area contributed by atoms with E-state index < -0.39 is 0 Å². The number of hydrogen-bond donors (Lipinski definition) is 1. The lowest BCUT2D eigenvalue weighted by Crippen LogP contribution is -2.28. The summed E-state index contributed by atoms with van der Waals surface area (Å²) in [5.41, 5.74) is 2.56. The van der Waals surface area contributed by atoms with Crippen LogP contribution >= 0.6 is 0 Å². The highest BCUT2D eigenvalue weighted by molar-refractivity contribution is 5.94. The summed E-state index contributed by atoms with van der Waals surface area (Å²) in [6.07, 6.45) is 0.568. The number of amides is 1. The maximum absolute atomic E-state index is 12.4. The Labute approximate surface area is 179 Å². The molecule has 0 saturated carbocycles. The summed E-state index contributed by atoms with van der Waals surface area (Å²) >= 11 is 0. The Hall–Kier alpha value is -4.00. The Kier molecular flexibility index (Phi) is 6.03. The summed E-state index contributed by atoms with van der Waals surface area (Å²) < 4.78 is 6.59. The summed E-state index contributed by atoms with van der Waals surface area (Å²) in [7, 11) is 1.61. The van der Waals surface area contributed by atoms with Gasteiger partial charge in [-0.15, -0.1) is 0 Å². The van der Waals surface area contributed by atoms with E-state index >= 15 is 0 Å². The average Bonchev–Trinajstić information content (AvgIpc) is 2.82. The first-order valence-electron chi connectivity index (χ1n) is 10.0. The molecular weight excluding hydrogens is 392 g/mol. The number of nitrogens with zero attached hydrogens (tertiary/aromatic N) is 3. The van der Waals surface area contributed by atoms with Gasteiger partial charge < -0.3 is 10.1 Å². The van der Waals surface area contributed by atoms with Crippen molar-refractivity contribution in [2.75, 3.05) is 13.7 Å². The van der Waals surface area contributed by atoms with E-state index in [1.165, 1.54) is 10.7 Å². The van der Waals surface area contributed by atoms with Gasteiger partial charge in [0, 0.05) is 30.1 Å². The lowest BCUT2D eigenvalue weighted by atomic mass is 10.1. The van der Waals surface area contributed by atoms with E-state index in [0.717, 1.165) is 22.2 Å². The van der Waals surface area contributed by atoms with E-state index in [4.69, 9.17) is 4.74 Å². The van der Waals surface area contributed by atoms with E-state index in [-0.39, 0.29) is 11.5 Å². The molecular formula is C24H22N4O3. The van der Waals surface area contributed by atoms with Crippen LogP contribution < -0.4 is 15.6 Å². The largest absolute Gasteiger partial charge is 0.497 e. The molecule has 1 N–H and O–H groups in total. The number of rotatable bonds is 7. The van der Waals surface area contributed by atoms with Gasteiger partial charge in [-0.1, -0.05) is 24.3 Å². The summed E-state index contributed by atoms with van der Waals surface area (Å²) in [4.78, 5) is 28.9. The van der Waals surface area contributed by atoms with E-state index in [2.05, 4.69) is 15.4 Å². The van der Waals surface area contributed by atoms with E-state index in [0.29, 0.717) is 30.9 Å². The first-order valence-corrected chi connectivity index (χ1v) is 10.0. The second-order valence-electron chi connectivity index (χ2n) is 7.01. The Morgan fingerprint density at radius 2 is 1.81 bits per heavy atom. The van der Waals surface area contributed by atoms with Crippen molar-refractivity contribution in [3.05, 3.63) is 88.8 Å². The Bertz CT molecular complexity index is 1270. The lowest BCUT2D eigenvalue weighted by Gasteiger charge is -2.09. The monoisotopic (exact) mass is 414 g/mol. The molecule has 0 atom stereocenters. The second-order valence-corrected chi connectivity index (χ2v) is 7.01. The van der Waals surface area contributed by atoms with Crippen LogP contribution in [-0.2, 0) is 6.54 Å². The lowest BCUT2D eigenvalue weighted by molar-refractivity contribution is 0.0948. The van der Waals surface area contributed by atoms with Crippen LogP contribution in [0.3, 0.4) is 0 Å². The fourth-order valence-electron chi connectivity index (χ4n) is 3.24. The average molecular weight is 414 g/mol. The Morgan fingerprint density at radius 3 is 2.61 bits per heavy atom. The Morgan fingerprint density at radius 1 is 1.00 bits per heavy atom. The number of carbonyl (C=O) groups excluding carboxylic acids is 1. The van der Waals surface area contributed by atoms with Crippen molar-refractivity contribution in [1.82, 2.24) is 20.1 Å². The van der Waals surface area contributed by atoms with Crippen molar-refractivity contribution in [2.24, 2.45) is 0 Å². The molecule has 0 aliphatic heterocycles. The molecule has 0 radical (unpaired) electrons. The van der Waals surface area contributed by atoms with Crippen molar-refractivity contribution >= 4 is 16.8 Å². The maximum Gasteiger partial charge on any atom is 0.269 e. The topological polar surface area (TPSA) is 86.1 Å².